The summed E-state index contributed by atoms with van der Waals surface area (Å²) in [4.78, 5) is 23.7. The van der Waals surface area contributed by atoms with E-state index >= 15 is 0 Å². The first kappa shape index (κ1) is 12.9. The molecular weight excluding hydrogens is 214 g/mol. The molecule has 0 unspecified atom stereocenters. The molecule has 1 radical (unpaired) electrons. The van der Waals surface area contributed by atoms with E-state index < -0.39 is 0 Å². The topological polar surface area (TPSA) is 37.4 Å². The Bertz CT molecular complexity index is 461. The van der Waals surface area contributed by atoms with E-state index in [0.717, 1.165) is 0 Å². The minimum absolute atomic E-state index is 0.116. The van der Waals surface area contributed by atoms with E-state index in [0.29, 0.717) is 11.1 Å². The van der Waals surface area contributed by atoms with Crippen LogP contribution in [0.1, 0.15) is 22.8 Å². The Labute approximate surface area is 101 Å². The third-order valence-corrected chi connectivity index (χ3v) is 2.22. The van der Waals surface area contributed by atoms with Gasteiger partial charge < -0.3 is 4.90 Å². The quantitative estimate of drug-likeness (QED) is 0.742. The van der Waals surface area contributed by atoms with Gasteiger partial charge in [-0.05, 0) is 24.6 Å². The van der Waals surface area contributed by atoms with Crippen LogP contribution in [0.3, 0.4) is 0 Å². The van der Waals surface area contributed by atoms with Gasteiger partial charge in [0.2, 0.25) is 6.29 Å². The minimum Gasteiger partial charge on any atom is -0.318 e. The molecule has 17 heavy (non-hydrogen) atoms. The van der Waals surface area contributed by atoms with Crippen molar-refractivity contribution in [2.45, 2.75) is 6.92 Å². The Morgan fingerprint density at radius 3 is 2.71 bits per heavy atom. The third kappa shape index (κ3) is 3.41. The number of hydrogen-bond acceptors (Lipinski definition) is 2. The summed E-state index contributed by atoms with van der Waals surface area (Å²) in [7, 11) is 1.69. The van der Waals surface area contributed by atoms with Crippen molar-refractivity contribution in [2.24, 2.45) is 0 Å². The van der Waals surface area contributed by atoms with E-state index in [-0.39, 0.29) is 5.91 Å². The summed E-state index contributed by atoms with van der Waals surface area (Å²) < 4.78 is 0. The molecule has 1 aromatic carbocycles. The summed E-state index contributed by atoms with van der Waals surface area (Å²) >= 11 is 0. The van der Waals surface area contributed by atoms with Gasteiger partial charge in [-0.2, -0.15) is 0 Å². The van der Waals surface area contributed by atoms with Crippen LogP contribution in [-0.2, 0) is 4.79 Å². The number of allylic oxidation sites excluding steroid dienone is 2. The van der Waals surface area contributed by atoms with Crippen LogP contribution in [0.5, 0.6) is 0 Å². The molecule has 1 amide bonds. The first-order valence-electron chi connectivity index (χ1n) is 5.24. The molecule has 0 spiro atoms. The van der Waals surface area contributed by atoms with Crippen LogP contribution in [0.4, 0.5) is 0 Å². The molecule has 0 saturated heterocycles. The average molecular weight is 228 g/mol. The normalized spacial score (nSPS) is 10.9. The number of rotatable bonds is 4. The maximum atomic E-state index is 12.1. The Hall–Kier alpha value is -2.16. The Morgan fingerprint density at radius 1 is 1.35 bits per heavy atom. The largest absolute Gasteiger partial charge is 0.318 e. The van der Waals surface area contributed by atoms with Gasteiger partial charge in [-0.3, -0.25) is 9.59 Å². The zero-order chi connectivity index (χ0) is 12.7. The fourth-order valence-corrected chi connectivity index (χ4v) is 1.44. The van der Waals surface area contributed by atoms with E-state index in [4.69, 9.17) is 0 Å². The molecule has 0 N–H and O–H groups in total. The summed E-state index contributed by atoms with van der Waals surface area (Å²) in [5.41, 5.74) is 1.26. The van der Waals surface area contributed by atoms with Gasteiger partial charge in [0.25, 0.3) is 5.91 Å². The Kier molecular flexibility index (Phi) is 4.88. The third-order valence-electron chi connectivity index (χ3n) is 2.22. The van der Waals surface area contributed by atoms with Gasteiger partial charge in [0, 0.05) is 18.8 Å². The molecule has 1 rings (SSSR count). The second-order valence-electron chi connectivity index (χ2n) is 3.44. The van der Waals surface area contributed by atoms with Crippen LogP contribution in [-0.4, -0.2) is 24.1 Å². The second-order valence-corrected chi connectivity index (χ2v) is 3.44. The standard InChI is InChI=1S/C14H14NO2/c1-3-10-15(2)14(17)13-9-5-4-7-12(13)8-6-11-16/h3-10H,1-2H3/b8-6+,10-3-. The van der Waals surface area contributed by atoms with Gasteiger partial charge in [-0.1, -0.05) is 30.4 Å². The molecule has 0 aromatic heterocycles. The number of carbonyl (C=O) groups is 1. The summed E-state index contributed by atoms with van der Waals surface area (Å²) in [5, 5.41) is 0. The van der Waals surface area contributed by atoms with Crippen LogP contribution >= 0.6 is 0 Å². The summed E-state index contributed by atoms with van der Waals surface area (Å²) in [6, 6.07) is 7.12. The lowest BCUT2D eigenvalue weighted by Gasteiger charge is -2.13. The predicted octanol–water partition coefficient (Wildman–Crippen LogP) is 2.42. The first-order chi connectivity index (χ1) is 8.20. The molecule has 3 nitrogen and oxygen atoms in total. The van der Waals surface area contributed by atoms with E-state index in [1.54, 1.807) is 49.9 Å². The molecule has 0 atom stereocenters. The molecule has 0 aliphatic heterocycles. The molecule has 0 fully saturated rings. The van der Waals surface area contributed by atoms with Crippen LogP contribution in [0.15, 0.2) is 42.6 Å². The Morgan fingerprint density at radius 2 is 2.06 bits per heavy atom. The van der Waals surface area contributed by atoms with Crippen LogP contribution in [0.25, 0.3) is 6.08 Å². The molecule has 0 bridgehead atoms. The highest BCUT2D eigenvalue weighted by Gasteiger charge is 2.11. The van der Waals surface area contributed by atoms with Gasteiger partial charge in [-0.15, -0.1) is 0 Å². The molecule has 0 saturated carbocycles. The Balaban J connectivity index is 3.08. The van der Waals surface area contributed by atoms with Crippen molar-refractivity contribution < 1.29 is 9.59 Å². The van der Waals surface area contributed by atoms with Crippen molar-refractivity contribution in [3.63, 3.8) is 0 Å². The maximum absolute atomic E-state index is 12.1. The molecule has 3 heteroatoms. The molecule has 0 heterocycles. The fraction of sp³-hybridized carbons (Fsp3) is 0.143. The highest BCUT2D eigenvalue weighted by Crippen LogP contribution is 2.13. The molecular formula is C14H14NO2. The monoisotopic (exact) mass is 228 g/mol. The number of amides is 1. The van der Waals surface area contributed by atoms with Crippen molar-refractivity contribution >= 4 is 18.3 Å². The van der Waals surface area contributed by atoms with E-state index in [1.807, 2.05) is 13.0 Å². The molecule has 0 aliphatic rings. The van der Waals surface area contributed by atoms with E-state index in [2.05, 4.69) is 0 Å². The number of benzene rings is 1. The summed E-state index contributed by atoms with van der Waals surface area (Å²) in [5.74, 6) is -0.116. The molecule has 0 aliphatic carbocycles. The lowest BCUT2D eigenvalue weighted by atomic mass is 10.1. The van der Waals surface area contributed by atoms with Crippen molar-refractivity contribution in [3.8, 4) is 0 Å². The average Bonchev–Trinajstić information content (AvgIpc) is 2.36. The van der Waals surface area contributed by atoms with Gasteiger partial charge in [0.05, 0.1) is 0 Å². The van der Waals surface area contributed by atoms with Crippen molar-refractivity contribution in [1.29, 1.82) is 0 Å². The predicted molar refractivity (Wildman–Crippen MR) is 68.1 cm³/mol. The first-order valence-corrected chi connectivity index (χ1v) is 5.24. The lowest BCUT2D eigenvalue weighted by molar-refractivity contribution is 0.0849. The van der Waals surface area contributed by atoms with Gasteiger partial charge in [-0.25, -0.2) is 0 Å². The molecule has 87 valence electrons. The fourth-order valence-electron chi connectivity index (χ4n) is 1.44. The number of nitrogens with zero attached hydrogens (tertiary/aromatic N) is 1. The smallest absolute Gasteiger partial charge is 0.258 e. The SMILES string of the molecule is C/C=C\N(C)C(=O)c1ccccc1/C=C/[C]=O. The number of carbonyl (C=O) groups excluding carboxylic acids is 2. The maximum Gasteiger partial charge on any atom is 0.258 e. The van der Waals surface area contributed by atoms with Crippen LogP contribution in [0.2, 0.25) is 0 Å². The highest BCUT2D eigenvalue weighted by molar-refractivity contribution is 5.98. The van der Waals surface area contributed by atoms with E-state index in [9.17, 15) is 9.59 Å². The van der Waals surface area contributed by atoms with Crippen molar-refractivity contribution in [2.75, 3.05) is 7.05 Å². The van der Waals surface area contributed by atoms with E-state index in [1.165, 1.54) is 11.0 Å². The minimum atomic E-state index is -0.116. The second kappa shape index (κ2) is 6.43. The summed E-state index contributed by atoms with van der Waals surface area (Å²) in [6.45, 7) is 1.84. The number of hydrogen-bond donors (Lipinski definition) is 0. The highest BCUT2D eigenvalue weighted by atomic mass is 16.2. The lowest BCUT2D eigenvalue weighted by Crippen LogP contribution is -2.21. The van der Waals surface area contributed by atoms with Gasteiger partial charge in [0.15, 0.2) is 0 Å². The summed E-state index contributed by atoms with van der Waals surface area (Å²) in [6.07, 6.45) is 7.97. The van der Waals surface area contributed by atoms with Gasteiger partial charge >= 0.3 is 0 Å². The van der Waals surface area contributed by atoms with Crippen molar-refractivity contribution in [1.82, 2.24) is 4.90 Å². The van der Waals surface area contributed by atoms with Crippen LogP contribution < -0.4 is 0 Å². The van der Waals surface area contributed by atoms with Crippen LogP contribution in [0, 0.1) is 0 Å². The zero-order valence-electron chi connectivity index (χ0n) is 9.88. The van der Waals surface area contributed by atoms with Crippen molar-refractivity contribution in [3.05, 3.63) is 53.7 Å². The zero-order valence-corrected chi connectivity index (χ0v) is 9.88. The molecule has 1 aromatic rings. The van der Waals surface area contributed by atoms with Gasteiger partial charge in [0.1, 0.15) is 0 Å².